The summed E-state index contributed by atoms with van der Waals surface area (Å²) < 4.78 is 2.16. The maximum Gasteiger partial charge on any atom is 0.137 e. The first-order chi connectivity index (χ1) is 6.22. The lowest BCUT2D eigenvalue weighted by Gasteiger charge is -2.01. The van der Waals surface area contributed by atoms with Gasteiger partial charge in [0, 0.05) is 11.9 Å². The largest absolute Gasteiger partial charge is 0.304 e. The van der Waals surface area contributed by atoms with Gasteiger partial charge in [0.15, 0.2) is 0 Å². The minimum absolute atomic E-state index is 1.00. The van der Waals surface area contributed by atoms with Crippen molar-refractivity contribution in [3.63, 3.8) is 0 Å². The fraction of sp³-hybridized carbons (Fsp3) is 0.364. The smallest absolute Gasteiger partial charge is 0.137 e. The molecule has 0 saturated heterocycles. The van der Waals surface area contributed by atoms with Gasteiger partial charge in [0.05, 0.1) is 5.69 Å². The second-order valence-corrected chi connectivity index (χ2v) is 3.42. The molecule has 68 valence electrons. The molecular weight excluding hydrogens is 160 g/mol. The summed E-state index contributed by atoms with van der Waals surface area (Å²) >= 11 is 0. The molecule has 0 unspecified atom stereocenters. The molecule has 0 amide bonds. The van der Waals surface area contributed by atoms with Gasteiger partial charge in [-0.15, -0.1) is 0 Å². The van der Waals surface area contributed by atoms with Gasteiger partial charge in [0.2, 0.25) is 0 Å². The molecule has 2 aromatic heterocycles. The Morgan fingerprint density at radius 2 is 2.08 bits per heavy atom. The standard InChI is InChI=1S/C11H14N2/c1-4-10-7-13-9(3)8(2)5-6-11(13)12-10/h5-7H,4H2,1-3H3. The van der Waals surface area contributed by atoms with Crippen molar-refractivity contribution >= 4 is 5.65 Å². The van der Waals surface area contributed by atoms with E-state index in [1.54, 1.807) is 0 Å². The summed E-state index contributed by atoms with van der Waals surface area (Å²) in [7, 11) is 0. The normalized spacial score (nSPS) is 11.0. The van der Waals surface area contributed by atoms with Crippen molar-refractivity contribution in [1.82, 2.24) is 9.38 Å². The SMILES string of the molecule is CCc1cn2c(C)c(C)ccc2n1. The molecule has 2 heteroatoms. The van der Waals surface area contributed by atoms with Gasteiger partial charge in [-0.05, 0) is 31.9 Å². The van der Waals surface area contributed by atoms with Gasteiger partial charge in [-0.1, -0.05) is 13.0 Å². The van der Waals surface area contributed by atoms with E-state index in [0.29, 0.717) is 0 Å². The third-order valence-electron chi connectivity index (χ3n) is 2.56. The van der Waals surface area contributed by atoms with Crippen molar-refractivity contribution < 1.29 is 0 Å². The van der Waals surface area contributed by atoms with Gasteiger partial charge in [0.25, 0.3) is 0 Å². The van der Waals surface area contributed by atoms with Crippen molar-refractivity contribution in [3.05, 3.63) is 35.3 Å². The lowest BCUT2D eigenvalue weighted by molar-refractivity contribution is 1.04. The molecule has 0 atom stereocenters. The maximum atomic E-state index is 4.50. The molecule has 0 N–H and O–H groups in total. The van der Waals surface area contributed by atoms with Crippen molar-refractivity contribution in [2.45, 2.75) is 27.2 Å². The number of hydrogen-bond acceptors (Lipinski definition) is 1. The number of nitrogens with zero attached hydrogens (tertiary/aromatic N) is 2. The summed E-state index contributed by atoms with van der Waals surface area (Å²) in [6.45, 7) is 6.38. The molecule has 2 heterocycles. The van der Waals surface area contributed by atoms with Crippen LogP contribution in [0.4, 0.5) is 0 Å². The Bertz CT molecular complexity index is 441. The lowest BCUT2D eigenvalue weighted by Crippen LogP contribution is -1.92. The molecule has 13 heavy (non-hydrogen) atoms. The zero-order valence-electron chi connectivity index (χ0n) is 8.33. The number of rotatable bonds is 1. The van der Waals surface area contributed by atoms with Crippen molar-refractivity contribution in [2.24, 2.45) is 0 Å². The van der Waals surface area contributed by atoms with E-state index in [1.165, 1.54) is 11.3 Å². The fourth-order valence-corrected chi connectivity index (χ4v) is 1.51. The molecule has 2 rings (SSSR count). The predicted molar refractivity (Wildman–Crippen MR) is 54.0 cm³/mol. The number of pyridine rings is 1. The van der Waals surface area contributed by atoms with E-state index in [9.17, 15) is 0 Å². The van der Waals surface area contributed by atoms with Crippen molar-refractivity contribution in [3.8, 4) is 0 Å². The molecule has 2 nitrogen and oxygen atoms in total. The Kier molecular flexibility index (Phi) is 1.83. The van der Waals surface area contributed by atoms with E-state index in [-0.39, 0.29) is 0 Å². The summed E-state index contributed by atoms with van der Waals surface area (Å²) in [6.07, 6.45) is 3.12. The highest BCUT2D eigenvalue weighted by atomic mass is 15.0. The summed E-state index contributed by atoms with van der Waals surface area (Å²) in [5.41, 5.74) is 4.81. The van der Waals surface area contributed by atoms with E-state index < -0.39 is 0 Å². The van der Waals surface area contributed by atoms with Gasteiger partial charge >= 0.3 is 0 Å². The first-order valence-electron chi connectivity index (χ1n) is 4.66. The highest BCUT2D eigenvalue weighted by Crippen LogP contribution is 2.12. The van der Waals surface area contributed by atoms with Crippen LogP contribution >= 0.6 is 0 Å². The number of imidazole rings is 1. The molecule has 0 fully saturated rings. The second kappa shape index (κ2) is 2.87. The Hall–Kier alpha value is -1.31. The number of aromatic nitrogens is 2. The minimum Gasteiger partial charge on any atom is -0.304 e. The van der Waals surface area contributed by atoms with Crippen LogP contribution in [0.15, 0.2) is 18.3 Å². The van der Waals surface area contributed by atoms with Crippen LogP contribution in [-0.2, 0) is 6.42 Å². The van der Waals surface area contributed by atoms with Crippen molar-refractivity contribution in [1.29, 1.82) is 0 Å². The molecule has 0 aliphatic carbocycles. The average Bonchev–Trinajstić information content (AvgIpc) is 2.55. The molecule has 0 aromatic carbocycles. The minimum atomic E-state index is 1.00. The van der Waals surface area contributed by atoms with E-state index in [2.05, 4.69) is 48.5 Å². The number of fused-ring (bicyclic) bond motifs is 1. The van der Waals surface area contributed by atoms with Gasteiger partial charge in [0.1, 0.15) is 5.65 Å². The first-order valence-corrected chi connectivity index (χ1v) is 4.66. The Morgan fingerprint density at radius 1 is 1.31 bits per heavy atom. The summed E-state index contributed by atoms with van der Waals surface area (Å²) in [6, 6.07) is 4.19. The average molecular weight is 174 g/mol. The Morgan fingerprint density at radius 3 is 2.77 bits per heavy atom. The fourth-order valence-electron chi connectivity index (χ4n) is 1.51. The molecule has 2 aromatic rings. The maximum absolute atomic E-state index is 4.50. The van der Waals surface area contributed by atoms with E-state index >= 15 is 0 Å². The first kappa shape index (κ1) is 8.30. The van der Waals surface area contributed by atoms with Crippen LogP contribution in [0.3, 0.4) is 0 Å². The quantitative estimate of drug-likeness (QED) is 0.649. The van der Waals surface area contributed by atoms with Gasteiger partial charge in [-0.3, -0.25) is 0 Å². The summed E-state index contributed by atoms with van der Waals surface area (Å²) in [5.74, 6) is 0. The van der Waals surface area contributed by atoms with Crippen LogP contribution < -0.4 is 0 Å². The summed E-state index contributed by atoms with van der Waals surface area (Å²) in [5, 5.41) is 0. The molecule has 0 saturated carbocycles. The third kappa shape index (κ3) is 1.22. The van der Waals surface area contributed by atoms with E-state index in [4.69, 9.17) is 0 Å². The zero-order valence-corrected chi connectivity index (χ0v) is 8.33. The molecule has 0 bridgehead atoms. The molecular formula is C11H14N2. The van der Waals surface area contributed by atoms with Crippen LogP contribution in [0, 0.1) is 13.8 Å². The van der Waals surface area contributed by atoms with Crippen LogP contribution in [0.25, 0.3) is 5.65 Å². The molecule has 0 aliphatic heterocycles. The lowest BCUT2D eigenvalue weighted by atomic mass is 10.2. The van der Waals surface area contributed by atoms with Gasteiger partial charge < -0.3 is 4.40 Å². The number of aryl methyl sites for hydroxylation is 3. The highest BCUT2D eigenvalue weighted by molar-refractivity contribution is 5.44. The monoisotopic (exact) mass is 174 g/mol. The third-order valence-corrected chi connectivity index (χ3v) is 2.56. The molecule has 0 radical (unpaired) electrons. The van der Waals surface area contributed by atoms with Crippen molar-refractivity contribution in [2.75, 3.05) is 0 Å². The van der Waals surface area contributed by atoms with Crippen LogP contribution in [0.5, 0.6) is 0 Å². The van der Waals surface area contributed by atoms with Crippen LogP contribution in [-0.4, -0.2) is 9.38 Å². The van der Waals surface area contributed by atoms with Gasteiger partial charge in [-0.25, -0.2) is 4.98 Å². The topological polar surface area (TPSA) is 17.3 Å². The Balaban J connectivity index is 2.76. The number of hydrogen-bond donors (Lipinski definition) is 0. The zero-order chi connectivity index (χ0) is 9.42. The van der Waals surface area contributed by atoms with Crippen LogP contribution in [0.1, 0.15) is 23.9 Å². The predicted octanol–water partition coefficient (Wildman–Crippen LogP) is 2.51. The van der Waals surface area contributed by atoms with Gasteiger partial charge in [-0.2, -0.15) is 0 Å². The van der Waals surface area contributed by atoms with E-state index in [1.807, 2.05) is 0 Å². The van der Waals surface area contributed by atoms with Crippen LogP contribution in [0.2, 0.25) is 0 Å². The molecule has 0 aliphatic rings. The Labute approximate surface area is 78.2 Å². The summed E-state index contributed by atoms with van der Waals surface area (Å²) in [4.78, 5) is 4.50. The highest BCUT2D eigenvalue weighted by Gasteiger charge is 2.02. The molecule has 0 spiro atoms. The second-order valence-electron chi connectivity index (χ2n) is 3.42. The van der Waals surface area contributed by atoms with E-state index in [0.717, 1.165) is 17.8 Å².